The van der Waals surface area contributed by atoms with E-state index in [1.807, 2.05) is 24.3 Å². The van der Waals surface area contributed by atoms with Crippen LogP contribution in [0.1, 0.15) is 31.8 Å². The van der Waals surface area contributed by atoms with Crippen molar-refractivity contribution in [2.45, 2.75) is 0 Å². The lowest BCUT2D eigenvalue weighted by Gasteiger charge is -2.11. The average Bonchev–Trinajstić information content (AvgIpc) is 2.97. The van der Waals surface area contributed by atoms with Gasteiger partial charge in [-0.05, 0) is 72.3 Å². The monoisotopic (exact) mass is 503 g/mol. The van der Waals surface area contributed by atoms with Crippen LogP contribution >= 0.6 is 0 Å². The van der Waals surface area contributed by atoms with Gasteiger partial charge >= 0.3 is 0 Å². The van der Waals surface area contributed by atoms with E-state index in [4.69, 9.17) is 4.74 Å². The zero-order valence-corrected chi connectivity index (χ0v) is 20.6. The number of pyridine rings is 1. The summed E-state index contributed by atoms with van der Waals surface area (Å²) in [6, 6.07) is 26.0. The molecule has 0 aliphatic carbocycles. The van der Waals surface area contributed by atoms with Crippen molar-refractivity contribution in [3.8, 4) is 5.75 Å². The number of ether oxygens (including phenoxy) is 1. The smallest absolute Gasteiger partial charge is 0.272 e. The first-order chi connectivity index (χ1) is 18.5. The summed E-state index contributed by atoms with van der Waals surface area (Å²) in [6.07, 6.45) is 7.92. The van der Waals surface area contributed by atoms with Crippen molar-refractivity contribution in [1.82, 2.24) is 10.3 Å². The predicted molar refractivity (Wildman–Crippen MR) is 148 cm³/mol. The molecule has 38 heavy (non-hydrogen) atoms. The van der Waals surface area contributed by atoms with Crippen LogP contribution in [0.2, 0.25) is 0 Å². The maximum atomic E-state index is 13.1. The van der Waals surface area contributed by atoms with Gasteiger partial charge in [0.15, 0.2) is 5.78 Å². The first kappa shape index (κ1) is 25.8. The molecule has 3 aromatic carbocycles. The Morgan fingerprint density at radius 3 is 2.26 bits per heavy atom. The highest BCUT2D eigenvalue weighted by Crippen LogP contribution is 2.19. The lowest BCUT2D eigenvalue weighted by atomic mass is 10.1. The largest absolute Gasteiger partial charge is 0.496 e. The van der Waals surface area contributed by atoms with Gasteiger partial charge in [-0.1, -0.05) is 42.5 Å². The van der Waals surface area contributed by atoms with Gasteiger partial charge in [-0.15, -0.1) is 0 Å². The van der Waals surface area contributed by atoms with Crippen molar-refractivity contribution in [3.63, 3.8) is 0 Å². The number of rotatable bonds is 9. The van der Waals surface area contributed by atoms with Crippen LogP contribution < -0.4 is 15.4 Å². The van der Waals surface area contributed by atoms with Crippen LogP contribution in [0.4, 0.5) is 5.69 Å². The Kier molecular flexibility index (Phi) is 8.55. The number of ketones is 1. The topological polar surface area (TPSA) is 97.4 Å². The van der Waals surface area contributed by atoms with E-state index in [0.29, 0.717) is 28.1 Å². The number of benzene rings is 3. The molecule has 0 saturated carbocycles. The van der Waals surface area contributed by atoms with Crippen LogP contribution in [-0.2, 0) is 4.79 Å². The minimum absolute atomic E-state index is 0.0479. The Hall–Kier alpha value is -5.30. The summed E-state index contributed by atoms with van der Waals surface area (Å²) in [7, 11) is 1.58. The van der Waals surface area contributed by atoms with Crippen molar-refractivity contribution in [2.24, 2.45) is 0 Å². The second-order valence-electron chi connectivity index (χ2n) is 8.14. The summed E-state index contributed by atoms with van der Waals surface area (Å²) in [5.41, 5.74) is 2.82. The summed E-state index contributed by atoms with van der Waals surface area (Å²) in [5, 5.41) is 5.45. The van der Waals surface area contributed by atoms with Gasteiger partial charge in [0.05, 0.1) is 7.11 Å². The van der Waals surface area contributed by atoms with Gasteiger partial charge in [0.25, 0.3) is 11.8 Å². The molecule has 7 heteroatoms. The molecule has 7 nitrogen and oxygen atoms in total. The Morgan fingerprint density at radius 1 is 0.816 bits per heavy atom. The molecule has 0 unspecified atom stereocenters. The number of allylic oxidation sites excluding steroid dienone is 1. The summed E-state index contributed by atoms with van der Waals surface area (Å²) in [6.45, 7) is 0. The van der Waals surface area contributed by atoms with Crippen molar-refractivity contribution in [2.75, 3.05) is 12.4 Å². The van der Waals surface area contributed by atoms with Crippen molar-refractivity contribution < 1.29 is 19.1 Å². The van der Waals surface area contributed by atoms with Gasteiger partial charge in [0, 0.05) is 34.8 Å². The minimum atomic E-state index is -0.520. The zero-order chi connectivity index (χ0) is 26.7. The molecule has 0 fully saturated rings. The molecule has 1 aromatic heterocycles. The fourth-order valence-corrected chi connectivity index (χ4v) is 3.55. The van der Waals surface area contributed by atoms with E-state index >= 15 is 0 Å². The second kappa shape index (κ2) is 12.6. The number of anilines is 1. The molecule has 4 aromatic rings. The molecule has 1 heterocycles. The third kappa shape index (κ3) is 6.89. The number of carbonyl (C=O) groups is 3. The number of nitrogens with zero attached hydrogens (tertiary/aromatic N) is 1. The average molecular weight is 504 g/mol. The zero-order valence-electron chi connectivity index (χ0n) is 20.6. The number of hydrogen-bond acceptors (Lipinski definition) is 5. The molecule has 188 valence electrons. The lowest BCUT2D eigenvalue weighted by molar-refractivity contribution is -0.113. The molecule has 0 aliphatic rings. The number of amides is 2. The summed E-state index contributed by atoms with van der Waals surface area (Å²) in [4.78, 5) is 42.5. The van der Waals surface area contributed by atoms with Gasteiger partial charge in [0.2, 0.25) is 0 Å². The molecule has 0 bridgehead atoms. The Balaban J connectivity index is 1.48. The van der Waals surface area contributed by atoms with Crippen molar-refractivity contribution >= 4 is 35.4 Å². The summed E-state index contributed by atoms with van der Waals surface area (Å²) < 4.78 is 5.30. The summed E-state index contributed by atoms with van der Waals surface area (Å²) >= 11 is 0. The Morgan fingerprint density at radius 2 is 1.55 bits per heavy atom. The number of aromatic nitrogens is 1. The Bertz CT molecular complexity index is 1480. The maximum absolute atomic E-state index is 13.1. The summed E-state index contributed by atoms with van der Waals surface area (Å²) in [5.74, 6) is -0.461. The fraction of sp³-hybridized carbons (Fsp3) is 0.0323. The van der Waals surface area contributed by atoms with Crippen LogP contribution in [0.3, 0.4) is 0 Å². The molecular formula is C31H25N3O4. The number of methoxy groups -OCH3 is 1. The standard InChI is InChI=1S/C31H25N3O4/c1-38-29-12-6-5-9-24(29)15-18-28(35)23-13-16-26(17-14-23)33-31(37)27(20-22-8-7-19-32-21-22)34-30(36)25-10-3-2-4-11-25/h2-21H,1H3,(H,33,37)(H,34,36)/b18-15+,27-20-. The molecule has 2 amide bonds. The number of para-hydroxylation sites is 1. The van der Waals surface area contributed by atoms with Crippen LogP contribution in [0.5, 0.6) is 5.75 Å². The van der Waals surface area contributed by atoms with E-state index in [0.717, 1.165) is 5.56 Å². The maximum Gasteiger partial charge on any atom is 0.272 e. The van der Waals surface area contributed by atoms with Gasteiger partial charge in [-0.3, -0.25) is 19.4 Å². The molecule has 0 spiro atoms. The first-order valence-electron chi connectivity index (χ1n) is 11.8. The molecule has 2 N–H and O–H groups in total. The molecule has 0 atom stereocenters. The molecule has 0 aliphatic heterocycles. The van der Waals surface area contributed by atoms with Gasteiger partial charge in [-0.25, -0.2) is 0 Å². The molecular weight excluding hydrogens is 478 g/mol. The second-order valence-corrected chi connectivity index (χ2v) is 8.14. The van der Waals surface area contributed by atoms with Crippen LogP contribution in [0.25, 0.3) is 12.2 Å². The quantitative estimate of drug-likeness (QED) is 0.236. The van der Waals surface area contributed by atoms with Crippen molar-refractivity contribution in [3.05, 3.63) is 137 Å². The molecule has 4 rings (SSSR count). The highest BCUT2D eigenvalue weighted by atomic mass is 16.5. The van der Waals surface area contributed by atoms with Crippen molar-refractivity contribution in [1.29, 1.82) is 0 Å². The fourth-order valence-electron chi connectivity index (χ4n) is 3.55. The molecule has 0 saturated heterocycles. The van der Waals surface area contributed by atoms with Crippen LogP contribution in [0.15, 0.2) is 115 Å². The SMILES string of the molecule is COc1ccccc1/C=C/C(=O)c1ccc(NC(=O)/C(=C/c2cccnc2)NC(=O)c2ccccc2)cc1. The number of hydrogen-bond donors (Lipinski definition) is 2. The molecule has 0 radical (unpaired) electrons. The van der Waals surface area contributed by atoms with E-state index in [2.05, 4.69) is 15.6 Å². The van der Waals surface area contributed by atoms with E-state index in [9.17, 15) is 14.4 Å². The van der Waals surface area contributed by atoms with Gasteiger partial charge < -0.3 is 15.4 Å². The van der Waals surface area contributed by atoms with Gasteiger partial charge in [-0.2, -0.15) is 0 Å². The highest BCUT2D eigenvalue weighted by molar-refractivity contribution is 6.11. The van der Waals surface area contributed by atoms with E-state index in [-0.39, 0.29) is 11.5 Å². The lowest BCUT2D eigenvalue weighted by Crippen LogP contribution is -2.30. The van der Waals surface area contributed by atoms with E-state index in [1.165, 1.54) is 6.08 Å². The third-order valence-electron chi connectivity index (χ3n) is 5.50. The van der Waals surface area contributed by atoms with Gasteiger partial charge in [0.1, 0.15) is 11.4 Å². The van der Waals surface area contributed by atoms with E-state index < -0.39 is 11.8 Å². The number of nitrogens with one attached hydrogen (secondary N) is 2. The normalized spacial score (nSPS) is 11.1. The third-order valence-corrected chi connectivity index (χ3v) is 5.50. The minimum Gasteiger partial charge on any atom is -0.496 e. The van der Waals surface area contributed by atoms with E-state index in [1.54, 1.807) is 98.4 Å². The van der Waals surface area contributed by atoms with Crippen LogP contribution in [-0.4, -0.2) is 29.7 Å². The predicted octanol–water partition coefficient (Wildman–Crippen LogP) is 5.40. The first-order valence-corrected chi connectivity index (χ1v) is 11.8. The number of carbonyl (C=O) groups excluding carboxylic acids is 3. The Labute approximate surface area is 220 Å². The van der Waals surface area contributed by atoms with Crippen LogP contribution in [0, 0.1) is 0 Å². The highest BCUT2D eigenvalue weighted by Gasteiger charge is 2.15.